The zero-order valence-corrected chi connectivity index (χ0v) is 16.4. The van der Waals surface area contributed by atoms with E-state index in [-0.39, 0.29) is 0 Å². The Balaban J connectivity index is 1.43. The van der Waals surface area contributed by atoms with E-state index < -0.39 is 0 Å². The number of epoxide rings is 1. The quantitative estimate of drug-likeness (QED) is 0.597. The average Bonchev–Trinajstić information content (AvgIpc) is 3.30. The highest BCUT2D eigenvalue weighted by molar-refractivity contribution is 5.79. The second kappa shape index (κ2) is 5.57. The Bertz CT molecular complexity index is 570. The van der Waals surface area contributed by atoms with Gasteiger partial charge in [0.15, 0.2) is 0 Å². The molecule has 5 rings (SSSR count). The maximum Gasteiger partial charge on any atom is 0.133 e. The van der Waals surface area contributed by atoms with Gasteiger partial charge in [-0.2, -0.15) is 0 Å². The molecular formula is C23H36O2. The SMILES string of the molecule is CC1OC1[C@H]1CCC[C@H]2[C@@H]3CC[C@H]4CC(=O)CC[C@]4(C)[C@H]3CC[C@]12C. The van der Waals surface area contributed by atoms with Gasteiger partial charge in [0.1, 0.15) is 5.78 Å². The van der Waals surface area contributed by atoms with E-state index in [0.29, 0.717) is 34.7 Å². The van der Waals surface area contributed by atoms with E-state index in [4.69, 9.17) is 4.74 Å². The van der Waals surface area contributed by atoms with Gasteiger partial charge in [0.2, 0.25) is 0 Å². The highest BCUT2D eigenvalue weighted by atomic mass is 16.6. The van der Waals surface area contributed by atoms with Gasteiger partial charge in [0.05, 0.1) is 12.2 Å². The molecular weight excluding hydrogens is 308 g/mol. The average molecular weight is 345 g/mol. The molecule has 0 aromatic heterocycles. The van der Waals surface area contributed by atoms with E-state index in [1.165, 1.54) is 51.4 Å². The lowest BCUT2D eigenvalue weighted by atomic mass is 9.41. The van der Waals surface area contributed by atoms with Gasteiger partial charge in [-0.3, -0.25) is 4.79 Å². The van der Waals surface area contributed by atoms with E-state index in [9.17, 15) is 4.79 Å². The molecule has 4 saturated carbocycles. The van der Waals surface area contributed by atoms with Gasteiger partial charge in [-0.1, -0.05) is 20.3 Å². The molecule has 2 unspecified atom stereocenters. The van der Waals surface area contributed by atoms with Crippen LogP contribution in [-0.4, -0.2) is 18.0 Å². The van der Waals surface area contributed by atoms with Crippen molar-refractivity contribution in [1.29, 1.82) is 0 Å². The number of fused-ring (bicyclic) bond motifs is 5. The molecule has 9 atom stereocenters. The summed E-state index contributed by atoms with van der Waals surface area (Å²) in [5.74, 6) is 4.75. The summed E-state index contributed by atoms with van der Waals surface area (Å²) in [6.07, 6.45) is 13.8. The lowest BCUT2D eigenvalue weighted by Crippen LogP contribution is -2.56. The highest BCUT2D eigenvalue weighted by Gasteiger charge is 2.61. The largest absolute Gasteiger partial charge is 0.370 e. The summed E-state index contributed by atoms with van der Waals surface area (Å²) in [5.41, 5.74) is 0.969. The third kappa shape index (κ3) is 2.35. The van der Waals surface area contributed by atoms with Gasteiger partial charge in [-0.15, -0.1) is 0 Å². The second-order valence-electron chi connectivity index (χ2n) is 10.8. The molecule has 140 valence electrons. The standard InChI is InChI=1S/C23H36O2/c1-14-21(25-14)20-6-4-5-18-17-8-7-15-13-16(24)9-11-22(15,2)19(17)10-12-23(18,20)3/h14-15,17-21H,4-13H2,1-3H3/t14?,15-,17-,18-,19-,20+,21?,22-,23-/m0/s1. The summed E-state index contributed by atoms with van der Waals surface area (Å²) in [7, 11) is 0. The van der Waals surface area contributed by atoms with Crippen LogP contribution in [0.1, 0.15) is 85.0 Å². The van der Waals surface area contributed by atoms with Crippen molar-refractivity contribution in [2.24, 2.45) is 40.4 Å². The smallest absolute Gasteiger partial charge is 0.133 e. The van der Waals surface area contributed by atoms with Crippen LogP contribution < -0.4 is 0 Å². The Morgan fingerprint density at radius 2 is 1.64 bits per heavy atom. The Kier molecular flexibility index (Phi) is 3.74. The van der Waals surface area contributed by atoms with Crippen LogP contribution in [0.25, 0.3) is 0 Å². The van der Waals surface area contributed by atoms with Crippen LogP contribution in [0.15, 0.2) is 0 Å². The first-order valence-corrected chi connectivity index (χ1v) is 11.1. The number of carbonyl (C=O) groups is 1. The van der Waals surface area contributed by atoms with Crippen molar-refractivity contribution in [2.45, 2.75) is 97.2 Å². The molecule has 4 aliphatic carbocycles. The first-order valence-electron chi connectivity index (χ1n) is 11.1. The van der Waals surface area contributed by atoms with Gasteiger partial charge in [-0.25, -0.2) is 0 Å². The van der Waals surface area contributed by atoms with Crippen LogP contribution in [-0.2, 0) is 9.53 Å². The molecule has 25 heavy (non-hydrogen) atoms. The molecule has 0 N–H and O–H groups in total. The van der Waals surface area contributed by atoms with E-state index in [1.54, 1.807) is 0 Å². The van der Waals surface area contributed by atoms with E-state index in [1.807, 2.05) is 0 Å². The van der Waals surface area contributed by atoms with Crippen molar-refractivity contribution in [3.05, 3.63) is 0 Å². The molecule has 1 heterocycles. The van der Waals surface area contributed by atoms with Gasteiger partial charge in [0, 0.05) is 12.8 Å². The lowest BCUT2D eigenvalue weighted by molar-refractivity contribution is -0.152. The van der Waals surface area contributed by atoms with Gasteiger partial charge in [-0.05, 0) is 92.3 Å². The van der Waals surface area contributed by atoms with Crippen LogP contribution >= 0.6 is 0 Å². The first kappa shape index (κ1) is 16.8. The number of ether oxygens (including phenoxy) is 1. The molecule has 5 fully saturated rings. The number of hydrogen-bond acceptors (Lipinski definition) is 2. The summed E-state index contributed by atoms with van der Waals surface area (Å²) in [4.78, 5) is 12.0. The molecule has 0 aromatic carbocycles. The summed E-state index contributed by atoms with van der Waals surface area (Å²) in [5, 5.41) is 0. The van der Waals surface area contributed by atoms with Crippen LogP contribution in [0.4, 0.5) is 0 Å². The molecule has 0 amide bonds. The Morgan fingerprint density at radius 1 is 0.920 bits per heavy atom. The number of Topliss-reactive ketones (excluding diaryl/α,β-unsaturated/α-hetero) is 1. The highest BCUT2D eigenvalue weighted by Crippen LogP contribution is 2.67. The van der Waals surface area contributed by atoms with Crippen molar-refractivity contribution < 1.29 is 9.53 Å². The lowest BCUT2D eigenvalue weighted by Gasteiger charge is -2.63. The number of hydrogen-bond donors (Lipinski definition) is 0. The minimum absolute atomic E-state index is 0.453. The van der Waals surface area contributed by atoms with Crippen LogP contribution in [0, 0.1) is 40.4 Å². The van der Waals surface area contributed by atoms with Gasteiger partial charge >= 0.3 is 0 Å². The third-order valence-electron chi connectivity index (χ3n) is 9.95. The summed E-state index contributed by atoms with van der Waals surface area (Å²) in [6.45, 7) is 7.47. The minimum Gasteiger partial charge on any atom is -0.370 e. The summed E-state index contributed by atoms with van der Waals surface area (Å²) >= 11 is 0. The zero-order chi connectivity index (χ0) is 17.4. The van der Waals surface area contributed by atoms with Crippen molar-refractivity contribution in [3.8, 4) is 0 Å². The maximum atomic E-state index is 12.0. The summed E-state index contributed by atoms with van der Waals surface area (Å²) < 4.78 is 5.99. The Morgan fingerprint density at radius 3 is 2.40 bits per heavy atom. The molecule has 2 heteroatoms. The molecule has 0 aromatic rings. The third-order valence-corrected chi connectivity index (χ3v) is 9.95. The van der Waals surface area contributed by atoms with Crippen molar-refractivity contribution in [3.63, 3.8) is 0 Å². The molecule has 0 spiro atoms. The van der Waals surface area contributed by atoms with Gasteiger partial charge in [0.25, 0.3) is 0 Å². The number of rotatable bonds is 1. The van der Waals surface area contributed by atoms with Crippen molar-refractivity contribution >= 4 is 5.78 Å². The number of ketones is 1. The topological polar surface area (TPSA) is 29.6 Å². The monoisotopic (exact) mass is 344 g/mol. The fourth-order valence-corrected chi connectivity index (χ4v) is 8.45. The summed E-state index contributed by atoms with van der Waals surface area (Å²) in [6, 6.07) is 0. The van der Waals surface area contributed by atoms with Crippen LogP contribution in [0.3, 0.4) is 0 Å². The predicted octanol–water partition coefficient (Wildman–Crippen LogP) is 5.39. The van der Waals surface area contributed by atoms with E-state index in [0.717, 1.165) is 36.5 Å². The zero-order valence-electron chi connectivity index (χ0n) is 16.4. The molecule has 5 aliphatic rings. The second-order valence-corrected chi connectivity index (χ2v) is 10.8. The molecule has 0 bridgehead atoms. The molecule has 1 saturated heterocycles. The predicted molar refractivity (Wildman–Crippen MR) is 99.2 cm³/mol. The van der Waals surface area contributed by atoms with Crippen LogP contribution in [0.5, 0.6) is 0 Å². The molecule has 2 nitrogen and oxygen atoms in total. The fraction of sp³-hybridized carbons (Fsp3) is 0.957. The minimum atomic E-state index is 0.453. The Labute approximate surface area is 153 Å². The van der Waals surface area contributed by atoms with Crippen molar-refractivity contribution in [1.82, 2.24) is 0 Å². The van der Waals surface area contributed by atoms with E-state index in [2.05, 4.69) is 20.8 Å². The van der Waals surface area contributed by atoms with E-state index >= 15 is 0 Å². The molecule has 1 aliphatic heterocycles. The Hall–Kier alpha value is -0.370. The first-order chi connectivity index (χ1) is 11.9. The number of carbonyl (C=O) groups excluding carboxylic acids is 1. The normalized spacial score (nSPS) is 58.0. The van der Waals surface area contributed by atoms with Crippen LogP contribution in [0.2, 0.25) is 0 Å². The van der Waals surface area contributed by atoms with Crippen molar-refractivity contribution in [2.75, 3.05) is 0 Å². The maximum absolute atomic E-state index is 12.0. The molecule has 0 radical (unpaired) electrons. The fourth-order valence-electron chi connectivity index (χ4n) is 8.45. The van der Waals surface area contributed by atoms with Gasteiger partial charge < -0.3 is 4.74 Å².